The Morgan fingerprint density at radius 1 is 1.13 bits per heavy atom. The molecule has 1 aromatic heterocycles. The van der Waals surface area contributed by atoms with Crippen LogP contribution in [0.4, 0.5) is 5.69 Å². The van der Waals surface area contributed by atoms with E-state index in [-0.39, 0.29) is 0 Å². The lowest BCUT2D eigenvalue weighted by atomic mass is 10.1. The van der Waals surface area contributed by atoms with Gasteiger partial charge in [-0.3, -0.25) is 0 Å². The SMILES string of the molecule is CCCNC(=S)Nc1ccc(Cc2nc3ccccc3s2)cc1. The van der Waals surface area contributed by atoms with Crippen LogP contribution < -0.4 is 10.6 Å². The number of thiocarbonyl (C=S) groups is 1. The van der Waals surface area contributed by atoms with E-state index in [9.17, 15) is 0 Å². The number of benzene rings is 2. The quantitative estimate of drug-likeness (QED) is 0.666. The molecule has 0 atom stereocenters. The van der Waals surface area contributed by atoms with Crippen LogP contribution in [0.15, 0.2) is 48.5 Å². The van der Waals surface area contributed by atoms with Gasteiger partial charge in [-0.25, -0.2) is 4.98 Å². The predicted molar refractivity (Wildman–Crippen MR) is 103 cm³/mol. The van der Waals surface area contributed by atoms with Gasteiger partial charge in [-0.15, -0.1) is 11.3 Å². The average Bonchev–Trinajstić information content (AvgIpc) is 2.97. The largest absolute Gasteiger partial charge is 0.362 e. The first kappa shape index (κ1) is 15.9. The molecule has 0 saturated carbocycles. The average molecular weight is 342 g/mol. The van der Waals surface area contributed by atoms with E-state index in [0.29, 0.717) is 5.11 Å². The lowest BCUT2D eigenvalue weighted by molar-refractivity contribution is 0.846. The molecule has 0 spiro atoms. The lowest BCUT2D eigenvalue weighted by Crippen LogP contribution is -2.28. The topological polar surface area (TPSA) is 37.0 Å². The predicted octanol–water partition coefficient (Wildman–Crippen LogP) is 4.58. The van der Waals surface area contributed by atoms with Gasteiger partial charge in [-0.05, 0) is 48.5 Å². The summed E-state index contributed by atoms with van der Waals surface area (Å²) in [5.41, 5.74) is 3.34. The fourth-order valence-electron chi connectivity index (χ4n) is 2.29. The highest BCUT2D eigenvalue weighted by molar-refractivity contribution is 7.80. The Kier molecular flexibility index (Phi) is 5.20. The summed E-state index contributed by atoms with van der Waals surface area (Å²) in [6.07, 6.45) is 1.92. The zero-order valence-corrected chi connectivity index (χ0v) is 14.6. The Bertz CT molecular complexity index is 760. The zero-order valence-electron chi connectivity index (χ0n) is 13.0. The van der Waals surface area contributed by atoms with Gasteiger partial charge < -0.3 is 10.6 Å². The van der Waals surface area contributed by atoms with Crippen molar-refractivity contribution in [2.45, 2.75) is 19.8 Å². The number of fused-ring (bicyclic) bond motifs is 1. The number of hydrogen-bond acceptors (Lipinski definition) is 3. The molecule has 0 aliphatic rings. The van der Waals surface area contributed by atoms with Crippen molar-refractivity contribution >= 4 is 44.6 Å². The number of nitrogens with one attached hydrogen (secondary N) is 2. The molecule has 0 unspecified atom stereocenters. The smallest absolute Gasteiger partial charge is 0.170 e. The summed E-state index contributed by atoms with van der Waals surface area (Å²) in [5.74, 6) is 0. The van der Waals surface area contributed by atoms with Crippen LogP contribution in [0.3, 0.4) is 0 Å². The van der Waals surface area contributed by atoms with Gasteiger partial charge in [0, 0.05) is 18.7 Å². The Morgan fingerprint density at radius 3 is 2.65 bits per heavy atom. The number of nitrogens with zero attached hydrogens (tertiary/aromatic N) is 1. The fourth-order valence-corrected chi connectivity index (χ4v) is 3.51. The zero-order chi connectivity index (χ0) is 16.1. The third-order valence-corrected chi connectivity index (χ3v) is 4.72. The maximum absolute atomic E-state index is 5.25. The molecule has 0 aliphatic carbocycles. The van der Waals surface area contributed by atoms with Crippen molar-refractivity contribution in [1.82, 2.24) is 10.3 Å². The summed E-state index contributed by atoms with van der Waals surface area (Å²) in [5, 5.41) is 8.18. The number of aromatic nitrogens is 1. The normalized spacial score (nSPS) is 10.7. The van der Waals surface area contributed by atoms with E-state index in [0.717, 1.165) is 35.6 Å². The summed E-state index contributed by atoms with van der Waals surface area (Å²) < 4.78 is 1.24. The third kappa shape index (κ3) is 4.27. The maximum atomic E-state index is 5.25. The molecule has 23 heavy (non-hydrogen) atoms. The van der Waals surface area contributed by atoms with Gasteiger partial charge in [0.2, 0.25) is 0 Å². The van der Waals surface area contributed by atoms with Gasteiger partial charge in [-0.2, -0.15) is 0 Å². The summed E-state index contributed by atoms with van der Waals surface area (Å²) >= 11 is 7.00. The van der Waals surface area contributed by atoms with Gasteiger partial charge in [-0.1, -0.05) is 31.2 Å². The van der Waals surface area contributed by atoms with E-state index < -0.39 is 0 Å². The second-order valence-electron chi connectivity index (χ2n) is 5.33. The van der Waals surface area contributed by atoms with Crippen LogP contribution in [0.1, 0.15) is 23.9 Å². The van der Waals surface area contributed by atoms with Crippen LogP contribution in [0.2, 0.25) is 0 Å². The van der Waals surface area contributed by atoms with Crippen LogP contribution in [0.5, 0.6) is 0 Å². The standard InChI is InChI=1S/C18H19N3S2/c1-2-11-19-18(22)20-14-9-7-13(8-10-14)12-17-21-15-5-3-4-6-16(15)23-17/h3-10H,2,11-12H2,1H3,(H2,19,20,22). The molecule has 2 N–H and O–H groups in total. The molecule has 5 heteroatoms. The van der Waals surface area contributed by atoms with Gasteiger partial charge in [0.25, 0.3) is 0 Å². The molecule has 0 saturated heterocycles. The van der Waals surface area contributed by atoms with Gasteiger partial charge in [0.1, 0.15) is 0 Å². The fraction of sp³-hybridized carbons (Fsp3) is 0.222. The molecule has 0 radical (unpaired) electrons. The number of anilines is 1. The van der Waals surface area contributed by atoms with Crippen LogP contribution in [-0.4, -0.2) is 16.6 Å². The van der Waals surface area contributed by atoms with Gasteiger partial charge in [0.15, 0.2) is 5.11 Å². The molecule has 2 aromatic carbocycles. The number of rotatable bonds is 5. The Morgan fingerprint density at radius 2 is 1.91 bits per heavy atom. The summed E-state index contributed by atoms with van der Waals surface area (Å²) in [6, 6.07) is 16.6. The summed E-state index contributed by atoms with van der Waals surface area (Å²) in [4.78, 5) is 4.68. The molecular weight excluding hydrogens is 322 g/mol. The Hall–Kier alpha value is -1.98. The van der Waals surface area contributed by atoms with Crippen LogP contribution in [0.25, 0.3) is 10.2 Å². The highest BCUT2D eigenvalue weighted by Crippen LogP contribution is 2.24. The minimum absolute atomic E-state index is 0.672. The first-order valence-electron chi connectivity index (χ1n) is 7.73. The van der Waals surface area contributed by atoms with E-state index in [1.807, 2.05) is 6.07 Å². The van der Waals surface area contributed by atoms with E-state index >= 15 is 0 Å². The molecule has 3 nitrogen and oxygen atoms in total. The van der Waals surface area contributed by atoms with Gasteiger partial charge >= 0.3 is 0 Å². The minimum atomic E-state index is 0.672. The highest BCUT2D eigenvalue weighted by Gasteiger charge is 2.04. The molecule has 1 heterocycles. The summed E-state index contributed by atoms with van der Waals surface area (Å²) in [6.45, 7) is 3.01. The van der Waals surface area contributed by atoms with E-state index in [1.54, 1.807) is 11.3 Å². The van der Waals surface area contributed by atoms with Gasteiger partial charge in [0.05, 0.1) is 15.2 Å². The molecule has 118 valence electrons. The highest BCUT2D eigenvalue weighted by atomic mass is 32.1. The van der Waals surface area contributed by atoms with Crippen molar-refractivity contribution in [2.24, 2.45) is 0 Å². The Balaban J connectivity index is 1.64. The molecule has 0 fully saturated rings. The van der Waals surface area contributed by atoms with Crippen LogP contribution >= 0.6 is 23.6 Å². The van der Waals surface area contributed by atoms with E-state index in [2.05, 4.69) is 65.0 Å². The van der Waals surface area contributed by atoms with E-state index in [1.165, 1.54) is 10.3 Å². The first-order chi connectivity index (χ1) is 11.2. The maximum Gasteiger partial charge on any atom is 0.170 e. The van der Waals surface area contributed by atoms with E-state index in [4.69, 9.17) is 12.2 Å². The van der Waals surface area contributed by atoms with Crippen molar-refractivity contribution in [3.05, 3.63) is 59.1 Å². The lowest BCUT2D eigenvalue weighted by Gasteiger charge is -2.10. The molecule has 0 amide bonds. The van der Waals surface area contributed by atoms with Crippen molar-refractivity contribution < 1.29 is 0 Å². The number of hydrogen-bond donors (Lipinski definition) is 2. The molecule has 3 aromatic rings. The number of para-hydroxylation sites is 1. The van der Waals surface area contributed by atoms with Crippen molar-refractivity contribution in [2.75, 3.05) is 11.9 Å². The monoisotopic (exact) mass is 341 g/mol. The second-order valence-corrected chi connectivity index (χ2v) is 6.85. The minimum Gasteiger partial charge on any atom is -0.362 e. The number of thiazole rings is 1. The van der Waals surface area contributed by atoms with Crippen LogP contribution in [0, 0.1) is 0 Å². The molecular formula is C18H19N3S2. The molecule has 0 aliphatic heterocycles. The van der Waals surface area contributed by atoms with Crippen LogP contribution in [-0.2, 0) is 6.42 Å². The molecule has 3 rings (SSSR count). The second kappa shape index (κ2) is 7.53. The Labute approximate surface area is 145 Å². The van der Waals surface area contributed by atoms with Crippen molar-refractivity contribution in [1.29, 1.82) is 0 Å². The molecule has 0 bridgehead atoms. The third-order valence-electron chi connectivity index (χ3n) is 3.44. The first-order valence-corrected chi connectivity index (χ1v) is 8.95. The van der Waals surface area contributed by atoms with Crippen molar-refractivity contribution in [3.8, 4) is 0 Å². The summed E-state index contributed by atoms with van der Waals surface area (Å²) in [7, 11) is 0. The van der Waals surface area contributed by atoms with Crippen molar-refractivity contribution in [3.63, 3.8) is 0 Å².